The Morgan fingerprint density at radius 1 is 1.23 bits per heavy atom. The fraction of sp³-hybridized carbons (Fsp3) is 0.467. The van der Waals surface area contributed by atoms with Crippen LogP contribution in [0, 0.1) is 0 Å². The molecule has 0 aliphatic carbocycles. The van der Waals surface area contributed by atoms with E-state index in [1.165, 1.54) is 7.11 Å². The minimum absolute atomic E-state index is 0.00763. The topological polar surface area (TPSA) is 76.7 Å². The van der Waals surface area contributed by atoms with E-state index < -0.39 is 18.0 Å². The Morgan fingerprint density at radius 2 is 1.91 bits per heavy atom. The fourth-order valence-electron chi connectivity index (χ4n) is 1.96. The average molecular weight is 329 g/mol. The molecule has 0 fully saturated rings. The third kappa shape index (κ3) is 5.91. The quantitative estimate of drug-likeness (QED) is 0.753. The maximum absolute atomic E-state index is 12.0. The van der Waals surface area contributed by atoms with E-state index in [9.17, 15) is 9.59 Å². The summed E-state index contributed by atoms with van der Waals surface area (Å²) < 4.78 is 9.63. The van der Waals surface area contributed by atoms with E-state index in [0.717, 1.165) is 0 Å². The van der Waals surface area contributed by atoms with E-state index in [0.29, 0.717) is 17.2 Å². The van der Waals surface area contributed by atoms with Crippen LogP contribution >= 0.6 is 11.6 Å². The van der Waals surface area contributed by atoms with Crippen LogP contribution in [0.1, 0.15) is 24.9 Å². The molecule has 0 aliphatic heterocycles. The Balaban J connectivity index is 2.81. The molecule has 0 saturated heterocycles. The molecular weight excluding hydrogens is 308 g/mol. The summed E-state index contributed by atoms with van der Waals surface area (Å²) in [6.07, 6.45) is -0.00763. The lowest BCUT2D eigenvalue weighted by Gasteiger charge is -2.21. The number of carbonyl (C=O) groups excluding carboxylic acids is 2. The van der Waals surface area contributed by atoms with Gasteiger partial charge in [0.1, 0.15) is 0 Å². The van der Waals surface area contributed by atoms with Gasteiger partial charge in [-0.25, -0.2) is 4.79 Å². The van der Waals surface area contributed by atoms with E-state index in [1.807, 2.05) is 6.92 Å². The minimum Gasteiger partial charge on any atom is -0.469 e. The summed E-state index contributed by atoms with van der Waals surface area (Å²) in [7, 11) is 2.85. The van der Waals surface area contributed by atoms with Crippen molar-refractivity contribution in [1.29, 1.82) is 0 Å². The van der Waals surface area contributed by atoms with Gasteiger partial charge in [-0.1, -0.05) is 29.8 Å². The molecule has 122 valence electrons. The standard InChI is InChI=1S/C15H21ClN2O4/c1-10(9-21-2)17-15(20)18-13(8-14(19)22-3)11-6-4-5-7-12(11)16/h4-7,10,13H,8-9H2,1-3H3,(H2,17,18,20). The average Bonchev–Trinajstić information content (AvgIpc) is 2.47. The third-order valence-corrected chi connectivity index (χ3v) is 3.32. The van der Waals surface area contributed by atoms with Gasteiger partial charge in [-0.15, -0.1) is 0 Å². The van der Waals surface area contributed by atoms with Crippen molar-refractivity contribution in [3.63, 3.8) is 0 Å². The lowest BCUT2D eigenvalue weighted by Crippen LogP contribution is -2.44. The first-order valence-corrected chi connectivity index (χ1v) is 7.23. The van der Waals surface area contributed by atoms with Crippen molar-refractivity contribution in [3.8, 4) is 0 Å². The zero-order chi connectivity index (χ0) is 16.5. The molecule has 0 heterocycles. The molecular formula is C15H21ClN2O4. The Kier molecular flexibility index (Phi) is 7.70. The normalized spacial score (nSPS) is 13.1. The molecule has 1 rings (SSSR count). The van der Waals surface area contributed by atoms with Crippen LogP contribution in [0.4, 0.5) is 4.79 Å². The lowest BCUT2D eigenvalue weighted by atomic mass is 10.0. The van der Waals surface area contributed by atoms with Crippen molar-refractivity contribution < 1.29 is 19.1 Å². The molecule has 0 aliphatic rings. The predicted molar refractivity (Wildman–Crippen MR) is 83.8 cm³/mol. The van der Waals surface area contributed by atoms with Gasteiger partial charge in [0.25, 0.3) is 0 Å². The van der Waals surface area contributed by atoms with E-state index in [4.69, 9.17) is 16.3 Å². The summed E-state index contributed by atoms with van der Waals surface area (Å²) in [4.78, 5) is 23.6. The van der Waals surface area contributed by atoms with Gasteiger partial charge >= 0.3 is 12.0 Å². The fourth-order valence-corrected chi connectivity index (χ4v) is 2.23. The molecule has 1 aromatic carbocycles. The number of amides is 2. The lowest BCUT2D eigenvalue weighted by molar-refractivity contribution is -0.141. The Labute approximate surface area is 135 Å². The second-order valence-corrected chi connectivity index (χ2v) is 5.24. The van der Waals surface area contributed by atoms with E-state index >= 15 is 0 Å². The van der Waals surface area contributed by atoms with Crippen LogP contribution < -0.4 is 10.6 Å². The maximum Gasteiger partial charge on any atom is 0.315 e. The molecule has 0 saturated carbocycles. The van der Waals surface area contributed by atoms with Crippen LogP contribution in [0.5, 0.6) is 0 Å². The van der Waals surface area contributed by atoms with Crippen LogP contribution in [0.25, 0.3) is 0 Å². The highest BCUT2D eigenvalue weighted by atomic mass is 35.5. The monoisotopic (exact) mass is 328 g/mol. The van der Waals surface area contributed by atoms with Gasteiger partial charge in [-0.2, -0.15) is 0 Å². The first-order chi connectivity index (χ1) is 10.5. The number of rotatable bonds is 7. The van der Waals surface area contributed by atoms with Crippen molar-refractivity contribution >= 4 is 23.6 Å². The number of methoxy groups -OCH3 is 2. The third-order valence-electron chi connectivity index (χ3n) is 2.98. The predicted octanol–water partition coefficient (Wildman–Crippen LogP) is 2.28. The van der Waals surface area contributed by atoms with Crippen molar-refractivity contribution in [2.24, 2.45) is 0 Å². The number of hydrogen-bond acceptors (Lipinski definition) is 4. The minimum atomic E-state index is -0.573. The zero-order valence-corrected chi connectivity index (χ0v) is 13.6. The first kappa shape index (κ1) is 18.3. The summed E-state index contributed by atoms with van der Waals surface area (Å²) >= 11 is 6.14. The van der Waals surface area contributed by atoms with Crippen molar-refractivity contribution in [1.82, 2.24) is 10.6 Å². The summed E-state index contributed by atoms with van der Waals surface area (Å²) in [6, 6.07) is 5.90. The van der Waals surface area contributed by atoms with E-state index in [2.05, 4.69) is 15.4 Å². The molecule has 1 aromatic rings. The Hall–Kier alpha value is -1.79. The Morgan fingerprint density at radius 3 is 2.50 bits per heavy atom. The van der Waals surface area contributed by atoms with Crippen LogP contribution in [-0.4, -0.2) is 38.9 Å². The highest BCUT2D eigenvalue weighted by Gasteiger charge is 2.21. The van der Waals surface area contributed by atoms with Gasteiger partial charge in [0.15, 0.2) is 0 Å². The molecule has 22 heavy (non-hydrogen) atoms. The summed E-state index contributed by atoms with van der Waals surface area (Å²) in [5.74, 6) is -0.435. The zero-order valence-electron chi connectivity index (χ0n) is 12.9. The molecule has 6 nitrogen and oxygen atoms in total. The molecule has 0 spiro atoms. The SMILES string of the molecule is COCC(C)NC(=O)NC(CC(=O)OC)c1ccccc1Cl. The molecule has 0 radical (unpaired) electrons. The van der Waals surface area contributed by atoms with E-state index in [-0.39, 0.29) is 12.5 Å². The van der Waals surface area contributed by atoms with Gasteiger partial charge in [0.2, 0.25) is 0 Å². The molecule has 2 atom stereocenters. The summed E-state index contributed by atoms with van der Waals surface area (Å²) in [5.41, 5.74) is 0.657. The number of carbonyl (C=O) groups is 2. The largest absolute Gasteiger partial charge is 0.469 e. The molecule has 2 N–H and O–H groups in total. The summed E-state index contributed by atoms with van der Waals surface area (Å²) in [5, 5.41) is 5.93. The van der Waals surface area contributed by atoms with Crippen molar-refractivity contribution in [2.75, 3.05) is 20.8 Å². The van der Waals surface area contributed by atoms with E-state index in [1.54, 1.807) is 31.4 Å². The molecule has 2 unspecified atom stereocenters. The number of ether oxygens (including phenoxy) is 2. The number of hydrogen-bond donors (Lipinski definition) is 2. The van der Waals surface area contributed by atoms with Gasteiger partial charge < -0.3 is 20.1 Å². The van der Waals surface area contributed by atoms with Crippen LogP contribution in [-0.2, 0) is 14.3 Å². The smallest absolute Gasteiger partial charge is 0.315 e. The van der Waals surface area contributed by atoms with Crippen LogP contribution in [0.2, 0.25) is 5.02 Å². The number of halogens is 1. The Bertz CT molecular complexity index is 510. The summed E-state index contributed by atoms with van der Waals surface area (Å²) in [6.45, 7) is 2.20. The second-order valence-electron chi connectivity index (χ2n) is 4.83. The second kappa shape index (κ2) is 9.27. The number of nitrogens with one attached hydrogen (secondary N) is 2. The van der Waals surface area contributed by atoms with Gasteiger partial charge in [-0.05, 0) is 18.6 Å². The molecule has 7 heteroatoms. The van der Waals surface area contributed by atoms with Crippen LogP contribution in [0.3, 0.4) is 0 Å². The number of benzene rings is 1. The number of urea groups is 1. The molecule has 2 amide bonds. The first-order valence-electron chi connectivity index (χ1n) is 6.85. The molecule has 0 bridgehead atoms. The van der Waals surface area contributed by atoms with Crippen LogP contribution in [0.15, 0.2) is 24.3 Å². The van der Waals surface area contributed by atoms with Gasteiger partial charge in [0.05, 0.1) is 32.2 Å². The highest BCUT2D eigenvalue weighted by Crippen LogP contribution is 2.25. The highest BCUT2D eigenvalue weighted by molar-refractivity contribution is 6.31. The molecule has 0 aromatic heterocycles. The maximum atomic E-state index is 12.0. The van der Waals surface area contributed by atoms with Gasteiger partial charge in [0, 0.05) is 12.1 Å². The van der Waals surface area contributed by atoms with Gasteiger partial charge in [-0.3, -0.25) is 4.79 Å². The van der Waals surface area contributed by atoms with Crippen molar-refractivity contribution in [2.45, 2.75) is 25.4 Å². The van der Waals surface area contributed by atoms with Crippen molar-refractivity contribution in [3.05, 3.63) is 34.9 Å². The number of esters is 1.